The number of nitrogens with zero attached hydrogens (tertiary/aromatic N) is 1. The highest BCUT2D eigenvalue weighted by Gasteiger charge is 2.28. The van der Waals surface area contributed by atoms with Crippen LogP contribution in [-0.4, -0.2) is 18.4 Å². The van der Waals surface area contributed by atoms with Gasteiger partial charge in [0.1, 0.15) is 0 Å². The monoisotopic (exact) mass is 240 g/mol. The minimum atomic E-state index is -0.460. The second-order valence-corrected chi connectivity index (χ2v) is 5.65. The van der Waals surface area contributed by atoms with Gasteiger partial charge in [0.15, 0.2) is 0 Å². The van der Waals surface area contributed by atoms with Gasteiger partial charge in [-0.2, -0.15) is 5.10 Å². The predicted octanol–water partition coefficient (Wildman–Crippen LogP) is 3.32. The van der Waals surface area contributed by atoms with Crippen molar-refractivity contribution in [2.75, 3.05) is 6.61 Å². The van der Waals surface area contributed by atoms with Gasteiger partial charge < -0.3 is 4.74 Å². The molecule has 0 aromatic rings. The number of hydrazone groups is 1. The molecule has 0 atom stereocenters. The summed E-state index contributed by atoms with van der Waals surface area (Å²) in [6, 6.07) is 0. The molecule has 0 unspecified atom stereocenters. The van der Waals surface area contributed by atoms with Gasteiger partial charge in [-0.05, 0) is 43.9 Å². The van der Waals surface area contributed by atoms with Crippen LogP contribution in [0.3, 0.4) is 0 Å². The summed E-state index contributed by atoms with van der Waals surface area (Å²) in [4.78, 5) is 11.1. The first kappa shape index (κ1) is 14.0. The molecule has 1 saturated carbocycles. The fourth-order valence-electron chi connectivity index (χ4n) is 2.22. The predicted molar refractivity (Wildman–Crippen MR) is 69.0 cm³/mol. The third-order valence-electron chi connectivity index (χ3n) is 3.37. The van der Waals surface area contributed by atoms with E-state index in [1.165, 1.54) is 0 Å². The summed E-state index contributed by atoms with van der Waals surface area (Å²) in [7, 11) is 0. The molecule has 4 heteroatoms. The van der Waals surface area contributed by atoms with E-state index in [1.54, 1.807) is 6.92 Å². The molecule has 1 N–H and O–H groups in total. The Labute approximate surface area is 104 Å². The summed E-state index contributed by atoms with van der Waals surface area (Å²) < 4.78 is 4.75. The van der Waals surface area contributed by atoms with Crippen molar-refractivity contribution in [2.24, 2.45) is 16.4 Å². The van der Waals surface area contributed by atoms with E-state index in [0.717, 1.165) is 37.3 Å². The lowest BCUT2D eigenvalue weighted by molar-refractivity contribution is 0.152. The molecule has 0 aromatic heterocycles. The molecule has 1 aliphatic carbocycles. The normalized spacial score (nSPS) is 20.9. The third kappa shape index (κ3) is 4.75. The number of hydrogen-bond donors (Lipinski definition) is 1. The molecular weight excluding hydrogens is 216 g/mol. The number of carbonyl (C=O) groups excluding carboxylic acids is 1. The quantitative estimate of drug-likeness (QED) is 0.753. The lowest BCUT2D eigenvalue weighted by Crippen LogP contribution is -2.27. The van der Waals surface area contributed by atoms with Crippen molar-refractivity contribution in [1.29, 1.82) is 0 Å². The van der Waals surface area contributed by atoms with Gasteiger partial charge >= 0.3 is 6.09 Å². The molecule has 0 heterocycles. The molecular formula is C13H24N2O2. The smallest absolute Gasteiger partial charge is 0.427 e. The minimum Gasteiger partial charge on any atom is -0.449 e. The third-order valence-corrected chi connectivity index (χ3v) is 3.37. The van der Waals surface area contributed by atoms with Crippen LogP contribution in [0.25, 0.3) is 0 Å². The minimum absolute atomic E-state index is 0.375. The maximum absolute atomic E-state index is 11.1. The van der Waals surface area contributed by atoms with Crippen molar-refractivity contribution in [3.05, 3.63) is 0 Å². The first-order valence-corrected chi connectivity index (χ1v) is 6.41. The lowest BCUT2D eigenvalue weighted by Gasteiger charge is -2.34. The molecule has 1 rings (SSSR count). The highest BCUT2D eigenvalue weighted by atomic mass is 16.5. The van der Waals surface area contributed by atoms with Gasteiger partial charge in [-0.15, -0.1) is 0 Å². The second-order valence-electron chi connectivity index (χ2n) is 5.65. The average Bonchev–Trinajstić information content (AvgIpc) is 2.26. The highest BCUT2D eigenvalue weighted by Crippen LogP contribution is 2.36. The van der Waals surface area contributed by atoms with Gasteiger partial charge in [-0.25, -0.2) is 10.2 Å². The van der Waals surface area contributed by atoms with Crippen molar-refractivity contribution in [2.45, 2.75) is 53.4 Å². The molecule has 17 heavy (non-hydrogen) atoms. The molecule has 1 amide bonds. The largest absolute Gasteiger partial charge is 0.449 e. The standard InChI is InChI=1S/C13H24N2O2/c1-5-17-12(16)15-14-11-8-6-10(7-9-11)13(2,3)4/h10H,5-9H2,1-4H3,(H,15,16). The molecule has 1 fully saturated rings. The van der Waals surface area contributed by atoms with Crippen LogP contribution in [0.5, 0.6) is 0 Å². The van der Waals surface area contributed by atoms with Crippen molar-refractivity contribution < 1.29 is 9.53 Å². The first-order valence-electron chi connectivity index (χ1n) is 6.41. The van der Waals surface area contributed by atoms with Gasteiger partial charge in [-0.1, -0.05) is 20.8 Å². The van der Waals surface area contributed by atoms with E-state index < -0.39 is 6.09 Å². The summed E-state index contributed by atoms with van der Waals surface area (Å²) >= 11 is 0. The van der Waals surface area contributed by atoms with Crippen LogP contribution in [0.4, 0.5) is 4.79 Å². The fraction of sp³-hybridized carbons (Fsp3) is 0.846. The number of nitrogens with one attached hydrogen (secondary N) is 1. The SMILES string of the molecule is CCOC(=O)NN=C1CCC(C(C)(C)C)CC1. The number of rotatable bonds is 2. The zero-order valence-electron chi connectivity index (χ0n) is 11.4. The van der Waals surface area contributed by atoms with Crippen LogP contribution in [0.2, 0.25) is 0 Å². The van der Waals surface area contributed by atoms with Crippen LogP contribution in [-0.2, 0) is 4.74 Å². The topological polar surface area (TPSA) is 50.7 Å². The van der Waals surface area contributed by atoms with E-state index in [1.807, 2.05) is 0 Å². The molecule has 0 radical (unpaired) electrons. The Hall–Kier alpha value is -1.06. The summed E-state index contributed by atoms with van der Waals surface area (Å²) in [5.41, 5.74) is 3.89. The van der Waals surface area contributed by atoms with Gasteiger partial charge in [0, 0.05) is 5.71 Å². The van der Waals surface area contributed by atoms with Gasteiger partial charge in [0.25, 0.3) is 0 Å². The van der Waals surface area contributed by atoms with E-state index in [2.05, 4.69) is 31.3 Å². The van der Waals surface area contributed by atoms with Crippen molar-refractivity contribution in [3.63, 3.8) is 0 Å². The van der Waals surface area contributed by atoms with Gasteiger partial charge in [-0.3, -0.25) is 0 Å². The van der Waals surface area contributed by atoms with Crippen LogP contribution in [0.1, 0.15) is 53.4 Å². The Balaban J connectivity index is 2.36. The summed E-state index contributed by atoms with van der Waals surface area (Å²) in [5.74, 6) is 0.754. The zero-order valence-corrected chi connectivity index (χ0v) is 11.4. The Morgan fingerprint density at radius 3 is 2.47 bits per heavy atom. The van der Waals surface area contributed by atoms with E-state index in [-0.39, 0.29) is 0 Å². The van der Waals surface area contributed by atoms with E-state index in [9.17, 15) is 4.79 Å². The molecule has 0 aromatic carbocycles. The van der Waals surface area contributed by atoms with E-state index in [0.29, 0.717) is 12.0 Å². The Kier molecular flexibility index (Phi) is 4.97. The molecule has 1 aliphatic rings. The fourth-order valence-corrected chi connectivity index (χ4v) is 2.22. The molecule has 0 bridgehead atoms. The van der Waals surface area contributed by atoms with Crippen molar-refractivity contribution in [3.8, 4) is 0 Å². The average molecular weight is 240 g/mol. The maximum atomic E-state index is 11.1. The Morgan fingerprint density at radius 2 is 2.00 bits per heavy atom. The summed E-state index contributed by atoms with van der Waals surface area (Å²) in [6.45, 7) is 9.02. The Morgan fingerprint density at radius 1 is 1.41 bits per heavy atom. The summed E-state index contributed by atoms with van der Waals surface area (Å²) in [5, 5.41) is 4.11. The number of ether oxygens (including phenoxy) is 1. The number of hydrogen-bond acceptors (Lipinski definition) is 3. The summed E-state index contributed by atoms with van der Waals surface area (Å²) in [6.07, 6.45) is 3.82. The van der Waals surface area contributed by atoms with E-state index in [4.69, 9.17) is 4.74 Å². The molecule has 98 valence electrons. The van der Waals surface area contributed by atoms with Crippen LogP contribution in [0.15, 0.2) is 5.10 Å². The van der Waals surface area contributed by atoms with Crippen molar-refractivity contribution in [1.82, 2.24) is 5.43 Å². The molecule has 4 nitrogen and oxygen atoms in total. The number of amides is 1. The maximum Gasteiger partial charge on any atom is 0.427 e. The lowest BCUT2D eigenvalue weighted by atomic mass is 9.72. The first-order chi connectivity index (χ1) is 7.93. The molecule has 0 aliphatic heterocycles. The molecule has 0 saturated heterocycles. The van der Waals surface area contributed by atoms with Gasteiger partial charge in [0.2, 0.25) is 0 Å². The molecule has 0 spiro atoms. The van der Waals surface area contributed by atoms with Crippen molar-refractivity contribution >= 4 is 11.8 Å². The van der Waals surface area contributed by atoms with Crippen LogP contribution in [0, 0.1) is 11.3 Å². The number of carbonyl (C=O) groups is 1. The highest BCUT2D eigenvalue weighted by molar-refractivity contribution is 5.86. The van der Waals surface area contributed by atoms with Crippen LogP contribution < -0.4 is 5.43 Å². The van der Waals surface area contributed by atoms with Crippen LogP contribution >= 0.6 is 0 Å². The Bertz CT molecular complexity index is 282. The van der Waals surface area contributed by atoms with E-state index >= 15 is 0 Å². The second kappa shape index (κ2) is 6.03. The zero-order chi connectivity index (χ0) is 12.9. The van der Waals surface area contributed by atoms with Gasteiger partial charge in [0.05, 0.1) is 6.61 Å².